The van der Waals surface area contributed by atoms with E-state index in [-0.39, 0.29) is 11.8 Å². The zero-order valence-electron chi connectivity index (χ0n) is 8.30. The van der Waals surface area contributed by atoms with E-state index in [1.807, 2.05) is 0 Å². The van der Waals surface area contributed by atoms with E-state index in [1.165, 1.54) is 12.1 Å². The highest BCUT2D eigenvalue weighted by Gasteiger charge is 2.20. The molecule has 1 aliphatic heterocycles. The molecule has 6 heteroatoms. The second kappa shape index (κ2) is 4.61. The molecule has 0 fully saturated rings. The fourth-order valence-corrected chi connectivity index (χ4v) is 1.72. The van der Waals surface area contributed by atoms with Crippen LogP contribution in [0.15, 0.2) is 29.3 Å². The molecule has 1 heterocycles. The summed E-state index contributed by atoms with van der Waals surface area (Å²) in [5.41, 5.74) is 0.841. The number of nitrogens with zero attached hydrogens (tertiary/aromatic N) is 2. The monoisotopic (exact) mass is 284 g/mol. The highest BCUT2D eigenvalue weighted by molar-refractivity contribution is 9.09. The average Bonchev–Trinajstić information content (AvgIpc) is 2.77. The molecule has 0 aromatic heterocycles. The molecule has 84 valence electrons. The SMILES string of the molecule is O=[N+]([O-])c1ccc(C2=NCC(CBr)O2)cc1. The molecular formula is C10H9BrN2O3. The summed E-state index contributed by atoms with van der Waals surface area (Å²) in [6.07, 6.45) is 0.0604. The van der Waals surface area contributed by atoms with Crippen LogP contribution in [0.5, 0.6) is 0 Å². The van der Waals surface area contributed by atoms with Gasteiger partial charge in [-0.05, 0) is 12.1 Å². The van der Waals surface area contributed by atoms with Gasteiger partial charge in [-0.1, -0.05) is 15.9 Å². The number of halogens is 1. The molecule has 1 aromatic carbocycles. The minimum atomic E-state index is -0.428. The van der Waals surface area contributed by atoms with Crippen molar-refractivity contribution in [2.24, 2.45) is 4.99 Å². The molecule has 0 N–H and O–H groups in total. The molecule has 0 amide bonds. The smallest absolute Gasteiger partial charge is 0.269 e. The number of rotatable bonds is 3. The van der Waals surface area contributed by atoms with Crippen LogP contribution in [0.3, 0.4) is 0 Å². The predicted octanol–water partition coefficient (Wildman–Crippen LogP) is 2.14. The molecule has 1 unspecified atom stereocenters. The predicted molar refractivity (Wildman–Crippen MR) is 63.2 cm³/mol. The van der Waals surface area contributed by atoms with Crippen LogP contribution in [-0.2, 0) is 4.74 Å². The van der Waals surface area contributed by atoms with Crippen molar-refractivity contribution >= 4 is 27.5 Å². The number of aliphatic imine (C=N–C) groups is 1. The summed E-state index contributed by atoms with van der Waals surface area (Å²) >= 11 is 3.32. The van der Waals surface area contributed by atoms with Crippen molar-refractivity contribution < 1.29 is 9.66 Å². The van der Waals surface area contributed by atoms with E-state index in [2.05, 4.69) is 20.9 Å². The first-order valence-electron chi connectivity index (χ1n) is 4.72. The quantitative estimate of drug-likeness (QED) is 0.485. The molecule has 1 atom stereocenters. The number of hydrogen-bond acceptors (Lipinski definition) is 4. The van der Waals surface area contributed by atoms with Crippen LogP contribution in [0.4, 0.5) is 5.69 Å². The van der Waals surface area contributed by atoms with Gasteiger partial charge in [-0.2, -0.15) is 0 Å². The zero-order valence-corrected chi connectivity index (χ0v) is 9.88. The minimum Gasteiger partial charge on any atom is -0.471 e. The van der Waals surface area contributed by atoms with Crippen LogP contribution in [-0.4, -0.2) is 28.8 Å². The summed E-state index contributed by atoms with van der Waals surface area (Å²) in [6.45, 7) is 0.623. The Morgan fingerprint density at radius 1 is 1.50 bits per heavy atom. The third-order valence-electron chi connectivity index (χ3n) is 2.21. The van der Waals surface area contributed by atoms with E-state index in [0.29, 0.717) is 12.4 Å². The van der Waals surface area contributed by atoms with Crippen LogP contribution >= 0.6 is 15.9 Å². The Morgan fingerprint density at radius 2 is 2.19 bits per heavy atom. The number of ether oxygens (including phenoxy) is 1. The van der Waals surface area contributed by atoms with Gasteiger partial charge in [0.2, 0.25) is 5.90 Å². The van der Waals surface area contributed by atoms with Crippen molar-refractivity contribution in [2.75, 3.05) is 11.9 Å². The fourth-order valence-electron chi connectivity index (χ4n) is 1.38. The molecule has 0 saturated heterocycles. The zero-order chi connectivity index (χ0) is 11.5. The van der Waals surface area contributed by atoms with E-state index in [1.54, 1.807) is 12.1 Å². The second-order valence-electron chi connectivity index (χ2n) is 3.34. The maximum Gasteiger partial charge on any atom is 0.269 e. The Bertz CT molecular complexity index is 430. The van der Waals surface area contributed by atoms with Gasteiger partial charge in [0.05, 0.1) is 11.5 Å². The molecule has 0 aliphatic carbocycles. The third kappa shape index (κ3) is 2.21. The largest absolute Gasteiger partial charge is 0.471 e. The van der Waals surface area contributed by atoms with Crippen molar-refractivity contribution in [1.82, 2.24) is 0 Å². The fraction of sp³-hybridized carbons (Fsp3) is 0.300. The van der Waals surface area contributed by atoms with Crippen molar-refractivity contribution in [2.45, 2.75) is 6.10 Å². The molecule has 0 bridgehead atoms. The Morgan fingerprint density at radius 3 is 2.69 bits per heavy atom. The van der Waals surface area contributed by atoms with E-state index < -0.39 is 4.92 Å². The summed E-state index contributed by atoms with van der Waals surface area (Å²) in [5.74, 6) is 0.555. The van der Waals surface area contributed by atoms with Gasteiger partial charge in [0.15, 0.2) is 0 Å². The Labute approximate surface area is 100 Å². The van der Waals surface area contributed by atoms with Crippen LogP contribution < -0.4 is 0 Å². The van der Waals surface area contributed by atoms with Gasteiger partial charge in [-0.15, -0.1) is 0 Å². The van der Waals surface area contributed by atoms with Gasteiger partial charge in [0, 0.05) is 23.0 Å². The highest BCUT2D eigenvalue weighted by atomic mass is 79.9. The Hall–Kier alpha value is -1.43. The maximum atomic E-state index is 10.5. The van der Waals surface area contributed by atoms with Crippen LogP contribution in [0.1, 0.15) is 5.56 Å². The van der Waals surface area contributed by atoms with E-state index >= 15 is 0 Å². The third-order valence-corrected chi connectivity index (χ3v) is 2.94. The Balaban J connectivity index is 2.14. The molecule has 16 heavy (non-hydrogen) atoms. The number of benzene rings is 1. The Kier molecular flexibility index (Phi) is 3.19. The van der Waals surface area contributed by atoms with Gasteiger partial charge in [-0.3, -0.25) is 10.1 Å². The molecule has 2 rings (SSSR count). The van der Waals surface area contributed by atoms with Gasteiger partial charge >= 0.3 is 0 Å². The molecule has 0 saturated carbocycles. The minimum absolute atomic E-state index is 0.0604. The summed E-state index contributed by atoms with van der Waals surface area (Å²) in [6, 6.07) is 6.19. The lowest BCUT2D eigenvalue weighted by atomic mass is 10.2. The van der Waals surface area contributed by atoms with Gasteiger partial charge < -0.3 is 4.74 Å². The summed E-state index contributed by atoms with van der Waals surface area (Å²) in [7, 11) is 0. The highest BCUT2D eigenvalue weighted by Crippen LogP contribution is 2.17. The molecule has 0 radical (unpaired) electrons. The van der Waals surface area contributed by atoms with E-state index in [9.17, 15) is 10.1 Å². The van der Waals surface area contributed by atoms with Crippen molar-refractivity contribution in [1.29, 1.82) is 0 Å². The molecule has 0 spiro atoms. The molecule has 1 aliphatic rings. The molecule has 5 nitrogen and oxygen atoms in total. The maximum absolute atomic E-state index is 10.5. The van der Waals surface area contributed by atoms with Crippen molar-refractivity contribution in [3.63, 3.8) is 0 Å². The lowest BCUT2D eigenvalue weighted by Gasteiger charge is -2.07. The van der Waals surface area contributed by atoms with Crippen LogP contribution in [0.2, 0.25) is 0 Å². The second-order valence-corrected chi connectivity index (χ2v) is 3.99. The van der Waals surface area contributed by atoms with E-state index in [0.717, 1.165) is 10.9 Å². The number of nitro benzene ring substituents is 1. The standard InChI is InChI=1S/C10H9BrN2O3/c11-5-9-6-12-10(16-9)7-1-3-8(4-2-7)13(14)15/h1-4,9H,5-6H2. The van der Waals surface area contributed by atoms with Gasteiger partial charge in [-0.25, -0.2) is 4.99 Å². The van der Waals surface area contributed by atoms with Gasteiger partial charge in [0.25, 0.3) is 5.69 Å². The summed E-state index contributed by atoms with van der Waals surface area (Å²) < 4.78 is 5.53. The van der Waals surface area contributed by atoms with Crippen LogP contribution in [0, 0.1) is 10.1 Å². The first kappa shape index (κ1) is 11.1. The molecule has 1 aromatic rings. The summed E-state index contributed by atoms with van der Waals surface area (Å²) in [4.78, 5) is 14.3. The summed E-state index contributed by atoms with van der Waals surface area (Å²) in [5, 5.41) is 11.2. The first-order valence-corrected chi connectivity index (χ1v) is 5.85. The number of non-ortho nitro benzene ring substituents is 1. The molecular weight excluding hydrogens is 276 g/mol. The van der Waals surface area contributed by atoms with Crippen molar-refractivity contribution in [3.05, 3.63) is 39.9 Å². The number of nitro groups is 1. The number of alkyl halides is 1. The van der Waals surface area contributed by atoms with E-state index in [4.69, 9.17) is 4.74 Å². The average molecular weight is 285 g/mol. The van der Waals surface area contributed by atoms with Crippen molar-refractivity contribution in [3.8, 4) is 0 Å². The topological polar surface area (TPSA) is 64.7 Å². The normalized spacial score (nSPS) is 19.1. The first-order chi connectivity index (χ1) is 7.70. The lowest BCUT2D eigenvalue weighted by Crippen LogP contribution is -2.14. The van der Waals surface area contributed by atoms with Gasteiger partial charge in [0.1, 0.15) is 6.10 Å². The van der Waals surface area contributed by atoms with Crippen LogP contribution in [0.25, 0.3) is 0 Å². The number of hydrogen-bond donors (Lipinski definition) is 0. The lowest BCUT2D eigenvalue weighted by molar-refractivity contribution is -0.384.